The Morgan fingerprint density at radius 1 is 1.14 bits per heavy atom. The van der Waals surface area contributed by atoms with Crippen LogP contribution in [0.4, 0.5) is 0 Å². The number of benzene rings is 1. The molecule has 0 unspecified atom stereocenters. The number of hydrogen-bond donors (Lipinski definition) is 1. The Kier molecular flexibility index (Phi) is 8.61. The molecule has 0 spiro atoms. The maximum absolute atomic E-state index is 9.91. The fraction of sp³-hybridized carbons (Fsp3) is 0.533. The highest BCUT2D eigenvalue weighted by atomic mass is 16.6. The quantitative estimate of drug-likeness (QED) is 0.519. The number of rotatable bonds is 10. The third-order valence-corrected chi connectivity index (χ3v) is 2.94. The monoisotopic (exact) mass is 297 g/mol. The van der Waals surface area contributed by atoms with Crippen LogP contribution in [0.2, 0.25) is 0 Å². The summed E-state index contributed by atoms with van der Waals surface area (Å²) in [5.74, 6) is 0. The Morgan fingerprint density at radius 2 is 1.86 bits per heavy atom. The van der Waals surface area contributed by atoms with E-state index in [9.17, 15) is 5.11 Å². The molecule has 6 nitrogen and oxygen atoms in total. The summed E-state index contributed by atoms with van der Waals surface area (Å²) in [5, 5.41) is 13.8. The second-order valence-corrected chi connectivity index (χ2v) is 4.44. The van der Waals surface area contributed by atoms with E-state index in [0.717, 1.165) is 5.56 Å². The van der Waals surface area contributed by atoms with Crippen LogP contribution < -0.4 is 0 Å². The molecule has 0 amide bonds. The molecule has 0 fully saturated rings. The molecule has 118 valence electrons. The molecule has 3 atom stereocenters. The molecule has 0 bridgehead atoms. The first-order valence-electron chi connectivity index (χ1n) is 6.64. The van der Waals surface area contributed by atoms with Crippen molar-refractivity contribution in [2.24, 2.45) is 5.16 Å². The number of nitrogens with zero attached hydrogens (tertiary/aromatic N) is 1. The highest BCUT2D eigenvalue weighted by molar-refractivity contribution is 5.63. The lowest BCUT2D eigenvalue weighted by Crippen LogP contribution is -2.43. The van der Waals surface area contributed by atoms with Crippen LogP contribution in [0.25, 0.3) is 0 Å². The number of hydrogen-bond acceptors (Lipinski definition) is 6. The summed E-state index contributed by atoms with van der Waals surface area (Å²) in [6.45, 7) is 0.517. The van der Waals surface area contributed by atoms with Crippen molar-refractivity contribution in [3.05, 3.63) is 35.9 Å². The van der Waals surface area contributed by atoms with E-state index < -0.39 is 18.3 Å². The van der Waals surface area contributed by atoms with Crippen LogP contribution in [0.5, 0.6) is 0 Å². The Morgan fingerprint density at radius 3 is 2.43 bits per heavy atom. The summed E-state index contributed by atoms with van der Waals surface area (Å²) in [4.78, 5) is 5.21. The highest BCUT2D eigenvalue weighted by Gasteiger charge is 2.27. The lowest BCUT2D eigenvalue weighted by Gasteiger charge is -2.25. The number of ether oxygens (including phenoxy) is 3. The lowest BCUT2D eigenvalue weighted by atomic mass is 10.1. The van der Waals surface area contributed by atoms with Crippen molar-refractivity contribution in [3.63, 3.8) is 0 Å². The topological polar surface area (TPSA) is 69.5 Å². The summed E-state index contributed by atoms with van der Waals surface area (Å²) < 4.78 is 15.4. The van der Waals surface area contributed by atoms with Gasteiger partial charge in [0, 0.05) is 21.3 Å². The van der Waals surface area contributed by atoms with Gasteiger partial charge in [-0.2, -0.15) is 0 Å². The number of aliphatic hydroxyl groups excluding tert-OH is 1. The smallest absolute Gasteiger partial charge is 0.142 e. The summed E-state index contributed by atoms with van der Waals surface area (Å²) in [6.07, 6.45) is -0.462. The van der Waals surface area contributed by atoms with Crippen LogP contribution in [-0.2, 0) is 25.7 Å². The van der Waals surface area contributed by atoms with Gasteiger partial charge in [-0.25, -0.2) is 0 Å². The molecular formula is C15H23NO5. The molecule has 1 aromatic carbocycles. The maximum Gasteiger partial charge on any atom is 0.142 e. The van der Waals surface area contributed by atoms with Gasteiger partial charge in [0.05, 0.1) is 12.8 Å². The molecule has 0 aliphatic rings. The average molecular weight is 297 g/mol. The minimum atomic E-state index is -0.814. The van der Waals surface area contributed by atoms with E-state index in [1.165, 1.54) is 27.5 Å². The van der Waals surface area contributed by atoms with E-state index in [-0.39, 0.29) is 6.61 Å². The molecule has 1 N–H and O–H groups in total. The summed E-state index contributed by atoms with van der Waals surface area (Å²) in [6, 6.07) is 9.70. The van der Waals surface area contributed by atoms with E-state index in [0.29, 0.717) is 6.61 Å². The van der Waals surface area contributed by atoms with Crippen LogP contribution in [0.3, 0.4) is 0 Å². The van der Waals surface area contributed by atoms with Crippen LogP contribution in [-0.4, -0.2) is 57.6 Å². The van der Waals surface area contributed by atoms with E-state index in [1.807, 2.05) is 30.3 Å². The molecular weight excluding hydrogens is 274 g/mol. The van der Waals surface area contributed by atoms with Crippen molar-refractivity contribution >= 4 is 6.21 Å². The van der Waals surface area contributed by atoms with E-state index >= 15 is 0 Å². The Hall–Kier alpha value is -1.47. The van der Waals surface area contributed by atoms with Gasteiger partial charge in [0.25, 0.3) is 0 Å². The van der Waals surface area contributed by atoms with Crippen molar-refractivity contribution in [2.45, 2.75) is 24.9 Å². The van der Waals surface area contributed by atoms with Gasteiger partial charge in [0.2, 0.25) is 0 Å². The molecule has 21 heavy (non-hydrogen) atoms. The fourth-order valence-corrected chi connectivity index (χ4v) is 1.84. The predicted molar refractivity (Wildman–Crippen MR) is 79.2 cm³/mol. The average Bonchev–Trinajstić information content (AvgIpc) is 2.51. The fourth-order valence-electron chi connectivity index (χ4n) is 1.84. The van der Waals surface area contributed by atoms with Crippen LogP contribution in [0.15, 0.2) is 35.5 Å². The predicted octanol–water partition coefficient (Wildman–Crippen LogP) is 1.23. The molecule has 0 aliphatic heterocycles. The van der Waals surface area contributed by atoms with Crippen molar-refractivity contribution < 1.29 is 24.2 Å². The number of methoxy groups -OCH3 is 3. The second-order valence-electron chi connectivity index (χ2n) is 4.44. The Balaban J connectivity index is 2.49. The minimum absolute atomic E-state index is 0.150. The van der Waals surface area contributed by atoms with Gasteiger partial charge < -0.3 is 24.2 Å². The molecule has 0 aliphatic carbocycles. The molecule has 0 aromatic heterocycles. The van der Waals surface area contributed by atoms with E-state index in [1.54, 1.807) is 0 Å². The first-order chi connectivity index (χ1) is 10.2. The summed E-state index contributed by atoms with van der Waals surface area (Å²) >= 11 is 0. The number of oxime groups is 1. The normalized spacial score (nSPS) is 15.8. The largest absolute Gasteiger partial charge is 0.391 e. The maximum atomic E-state index is 9.91. The standard InChI is InChI=1S/C15H23NO5/c1-18-11-13(17)15(20-3)14(19-2)9-16-21-10-12-7-5-4-6-8-12/h4-9,13-15,17H,10-11H2,1-3H3/b16-9-/t13-,14+,15+/m1/s1. The zero-order chi connectivity index (χ0) is 15.5. The molecule has 0 saturated carbocycles. The highest BCUT2D eigenvalue weighted by Crippen LogP contribution is 2.08. The Labute approximate surface area is 125 Å². The van der Waals surface area contributed by atoms with Crippen LogP contribution in [0.1, 0.15) is 5.56 Å². The van der Waals surface area contributed by atoms with Crippen LogP contribution >= 0.6 is 0 Å². The first kappa shape index (κ1) is 17.6. The zero-order valence-electron chi connectivity index (χ0n) is 12.6. The molecule has 0 heterocycles. The molecule has 0 saturated heterocycles. The lowest BCUT2D eigenvalue weighted by molar-refractivity contribution is -0.0907. The van der Waals surface area contributed by atoms with Gasteiger partial charge in [0.15, 0.2) is 0 Å². The number of aliphatic hydroxyl groups is 1. The van der Waals surface area contributed by atoms with E-state index in [2.05, 4.69) is 5.16 Å². The molecule has 6 heteroatoms. The van der Waals surface area contributed by atoms with Gasteiger partial charge in [0.1, 0.15) is 24.9 Å². The molecule has 1 rings (SSSR count). The third kappa shape index (κ3) is 6.22. The minimum Gasteiger partial charge on any atom is -0.391 e. The van der Waals surface area contributed by atoms with Crippen molar-refractivity contribution in [3.8, 4) is 0 Å². The second kappa shape index (κ2) is 10.3. The van der Waals surface area contributed by atoms with Gasteiger partial charge >= 0.3 is 0 Å². The van der Waals surface area contributed by atoms with Crippen molar-refractivity contribution in [1.29, 1.82) is 0 Å². The zero-order valence-corrected chi connectivity index (χ0v) is 12.6. The summed E-state index contributed by atoms with van der Waals surface area (Å²) in [5.41, 5.74) is 1.02. The van der Waals surface area contributed by atoms with Gasteiger partial charge in [-0.3, -0.25) is 0 Å². The van der Waals surface area contributed by atoms with Gasteiger partial charge in [-0.1, -0.05) is 35.5 Å². The SMILES string of the molecule is COC[C@@H](O)[C@H](OC)[C@H](/C=N\OCc1ccccc1)OC. The molecule has 0 radical (unpaired) electrons. The summed E-state index contributed by atoms with van der Waals surface area (Å²) in [7, 11) is 4.52. The van der Waals surface area contributed by atoms with Crippen molar-refractivity contribution in [1.82, 2.24) is 0 Å². The first-order valence-corrected chi connectivity index (χ1v) is 6.64. The Bertz CT molecular complexity index is 398. The van der Waals surface area contributed by atoms with Gasteiger partial charge in [-0.15, -0.1) is 0 Å². The van der Waals surface area contributed by atoms with Crippen LogP contribution in [0, 0.1) is 0 Å². The van der Waals surface area contributed by atoms with Gasteiger partial charge in [-0.05, 0) is 5.56 Å². The van der Waals surface area contributed by atoms with E-state index in [4.69, 9.17) is 19.0 Å². The third-order valence-electron chi connectivity index (χ3n) is 2.94. The molecule has 1 aromatic rings. The van der Waals surface area contributed by atoms with Crippen molar-refractivity contribution in [2.75, 3.05) is 27.9 Å².